The molecule has 0 spiro atoms. The molecule has 1 unspecified atom stereocenters. The van der Waals surface area contributed by atoms with Crippen molar-refractivity contribution < 1.29 is 9.90 Å². The lowest BCUT2D eigenvalue weighted by atomic mass is 10.1. The molecule has 1 atom stereocenters. The van der Waals surface area contributed by atoms with Crippen LogP contribution in [0, 0.1) is 5.92 Å². The van der Waals surface area contributed by atoms with Crippen molar-refractivity contribution in [3.8, 4) is 0 Å². The predicted molar refractivity (Wildman–Crippen MR) is 46.0 cm³/mol. The van der Waals surface area contributed by atoms with E-state index in [-0.39, 0.29) is 0 Å². The smallest absolute Gasteiger partial charge is 0.303 e. The van der Waals surface area contributed by atoms with E-state index in [1.165, 1.54) is 0 Å². The molecule has 0 amide bonds. The van der Waals surface area contributed by atoms with Crippen LogP contribution in [0.4, 0.5) is 0 Å². The monoisotopic (exact) mass is 255 g/mol. The lowest BCUT2D eigenvalue weighted by Crippen LogP contribution is -2.10. The Kier molecular flexibility index (Phi) is 2.91. The van der Waals surface area contributed by atoms with Gasteiger partial charge in [0.25, 0.3) is 0 Å². The molecule has 1 aliphatic rings. The van der Waals surface area contributed by atoms with E-state index in [9.17, 15) is 4.79 Å². The van der Waals surface area contributed by atoms with Crippen LogP contribution in [0.2, 0.25) is 0 Å². The minimum atomic E-state index is -0.670. The van der Waals surface area contributed by atoms with Crippen molar-refractivity contribution in [1.82, 2.24) is 3.11 Å². The van der Waals surface area contributed by atoms with Crippen molar-refractivity contribution >= 4 is 28.8 Å². The van der Waals surface area contributed by atoms with Gasteiger partial charge < -0.3 is 5.11 Å². The molecule has 0 saturated carbocycles. The van der Waals surface area contributed by atoms with Crippen molar-refractivity contribution in [2.75, 3.05) is 13.1 Å². The van der Waals surface area contributed by atoms with Gasteiger partial charge in [0.15, 0.2) is 0 Å². The third-order valence-corrected chi connectivity index (χ3v) is 2.58. The summed E-state index contributed by atoms with van der Waals surface area (Å²) >= 11 is 2.23. The molecule has 0 radical (unpaired) electrons. The summed E-state index contributed by atoms with van der Waals surface area (Å²) in [4.78, 5) is 10.2. The Morgan fingerprint density at radius 2 is 2.50 bits per heavy atom. The maximum Gasteiger partial charge on any atom is 0.303 e. The van der Waals surface area contributed by atoms with Crippen LogP contribution in [0.5, 0.6) is 0 Å². The summed E-state index contributed by atoms with van der Waals surface area (Å²) in [7, 11) is 0. The summed E-state index contributed by atoms with van der Waals surface area (Å²) in [5, 5.41) is 8.44. The quantitative estimate of drug-likeness (QED) is 0.594. The predicted octanol–water partition coefficient (Wildman–Crippen LogP) is 1.13. The highest BCUT2D eigenvalue weighted by molar-refractivity contribution is 14.1. The number of nitrogens with zero attached hydrogens (tertiary/aromatic N) is 1. The highest BCUT2D eigenvalue weighted by Gasteiger charge is 2.22. The molecule has 3 nitrogen and oxygen atoms in total. The van der Waals surface area contributed by atoms with Crippen LogP contribution in [-0.4, -0.2) is 27.3 Å². The second kappa shape index (κ2) is 3.52. The molecule has 58 valence electrons. The number of halogens is 1. The van der Waals surface area contributed by atoms with Crippen LogP contribution in [-0.2, 0) is 4.79 Å². The zero-order valence-corrected chi connectivity index (χ0v) is 7.74. The van der Waals surface area contributed by atoms with Gasteiger partial charge in [-0.05, 0) is 12.3 Å². The Morgan fingerprint density at radius 1 is 1.80 bits per heavy atom. The zero-order valence-electron chi connectivity index (χ0n) is 5.59. The van der Waals surface area contributed by atoms with E-state index in [2.05, 4.69) is 26.0 Å². The van der Waals surface area contributed by atoms with Crippen LogP contribution >= 0.6 is 22.9 Å². The first-order valence-electron chi connectivity index (χ1n) is 3.31. The van der Waals surface area contributed by atoms with Crippen LogP contribution < -0.4 is 0 Å². The first-order valence-corrected chi connectivity index (χ1v) is 4.27. The van der Waals surface area contributed by atoms with Gasteiger partial charge in [-0.3, -0.25) is 4.79 Å². The van der Waals surface area contributed by atoms with Crippen LogP contribution in [0.15, 0.2) is 0 Å². The third kappa shape index (κ3) is 2.42. The van der Waals surface area contributed by atoms with Gasteiger partial charge >= 0.3 is 5.97 Å². The molecule has 1 rings (SSSR count). The normalized spacial score (nSPS) is 27.1. The fourth-order valence-electron chi connectivity index (χ4n) is 1.20. The Hall–Kier alpha value is 0.160. The largest absolute Gasteiger partial charge is 0.481 e. The van der Waals surface area contributed by atoms with Crippen molar-refractivity contribution in [1.29, 1.82) is 0 Å². The first kappa shape index (κ1) is 8.26. The second-order valence-electron chi connectivity index (χ2n) is 2.62. The van der Waals surface area contributed by atoms with Crippen molar-refractivity contribution in [2.45, 2.75) is 12.8 Å². The average Bonchev–Trinajstić information content (AvgIpc) is 2.13. The van der Waals surface area contributed by atoms with Gasteiger partial charge in [0.1, 0.15) is 0 Å². The molecule has 0 aromatic carbocycles. The minimum absolute atomic E-state index is 0.333. The van der Waals surface area contributed by atoms with E-state index in [0.717, 1.165) is 19.5 Å². The molecule has 1 saturated heterocycles. The second-order valence-corrected chi connectivity index (χ2v) is 3.99. The summed E-state index contributed by atoms with van der Waals surface area (Å²) in [5.41, 5.74) is 0. The minimum Gasteiger partial charge on any atom is -0.481 e. The van der Waals surface area contributed by atoms with Crippen LogP contribution in [0.1, 0.15) is 12.8 Å². The number of hydrogen-bond acceptors (Lipinski definition) is 2. The summed E-state index contributed by atoms with van der Waals surface area (Å²) in [6.45, 7) is 1.98. The number of carbonyl (C=O) groups is 1. The topological polar surface area (TPSA) is 40.5 Å². The first-order chi connectivity index (χ1) is 4.68. The number of hydrogen-bond donors (Lipinski definition) is 1. The lowest BCUT2D eigenvalue weighted by molar-refractivity contribution is -0.137. The Labute approximate surface area is 73.9 Å². The average molecular weight is 255 g/mol. The van der Waals surface area contributed by atoms with Gasteiger partial charge in [-0.15, -0.1) is 0 Å². The van der Waals surface area contributed by atoms with E-state index in [0.29, 0.717) is 12.3 Å². The van der Waals surface area contributed by atoms with Gasteiger partial charge in [-0.1, -0.05) is 0 Å². The van der Waals surface area contributed by atoms with Crippen LogP contribution in [0.25, 0.3) is 0 Å². The van der Waals surface area contributed by atoms with Crippen molar-refractivity contribution in [3.05, 3.63) is 0 Å². The SMILES string of the molecule is O=C(O)CC1CCN(I)C1. The van der Waals surface area contributed by atoms with E-state index in [1.807, 2.05) is 0 Å². The van der Waals surface area contributed by atoms with Crippen molar-refractivity contribution in [2.24, 2.45) is 5.92 Å². The molecule has 0 bridgehead atoms. The van der Waals surface area contributed by atoms with E-state index < -0.39 is 5.97 Å². The summed E-state index contributed by atoms with van der Waals surface area (Å²) in [5.74, 6) is -0.286. The molecule has 0 aromatic heterocycles. The summed E-state index contributed by atoms with van der Waals surface area (Å²) in [6.07, 6.45) is 1.37. The third-order valence-electron chi connectivity index (χ3n) is 1.70. The molecule has 1 N–H and O–H groups in total. The van der Waals surface area contributed by atoms with Gasteiger partial charge in [-0.25, -0.2) is 3.11 Å². The maximum absolute atomic E-state index is 10.2. The molecule has 1 fully saturated rings. The molecule has 10 heavy (non-hydrogen) atoms. The highest BCUT2D eigenvalue weighted by atomic mass is 127. The maximum atomic E-state index is 10.2. The number of rotatable bonds is 2. The van der Waals surface area contributed by atoms with E-state index in [1.54, 1.807) is 0 Å². The molecular formula is C6H10INO2. The fourth-order valence-corrected chi connectivity index (χ4v) is 2.03. The van der Waals surface area contributed by atoms with Crippen molar-refractivity contribution in [3.63, 3.8) is 0 Å². The standard InChI is InChI=1S/C6H10INO2/c7-8-2-1-5(4-8)3-6(9)10/h5H,1-4H2,(H,9,10). The Morgan fingerprint density at radius 3 is 2.90 bits per heavy atom. The summed E-state index contributed by atoms with van der Waals surface area (Å²) in [6, 6.07) is 0. The van der Waals surface area contributed by atoms with E-state index in [4.69, 9.17) is 5.11 Å². The number of aliphatic carboxylic acids is 1. The molecular weight excluding hydrogens is 245 g/mol. The number of carboxylic acids is 1. The van der Waals surface area contributed by atoms with Gasteiger partial charge in [0, 0.05) is 42.4 Å². The fraction of sp³-hybridized carbons (Fsp3) is 0.833. The van der Waals surface area contributed by atoms with Gasteiger partial charge in [0.05, 0.1) is 0 Å². The van der Waals surface area contributed by atoms with E-state index >= 15 is 0 Å². The Bertz CT molecular complexity index is 140. The van der Waals surface area contributed by atoms with Gasteiger partial charge in [-0.2, -0.15) is 0 Å². The number of carboxylic acid groups (broad SMARTS) is 1. The lowest BCUT2D eigenvalue weighted by Gasteiger charge is -2.04. The van der Waals surface area contributed by atoms with Gasteiger partial charge in [0.2, 0.25) is 0 Å². The molecule has 1 heterocycles. The molecule has 0 aromatic rings. The molecule has 1 aliphatic heterocycles. The summed E-state index contributed by atoms with van der Waals surface area (Å²) < 4.78 is 2.14. The zero-order chi connectivity index (χ0) is 7.56. The highest BCUT2D eigenvalue weighted by Crippen LogP contribution is 2.21. The molecule has 4 heteroatoms. The molecule has 0 aliphatic carbocycles. The van der Waals surface area contributed by atoms with Crippen LogP contribution in [0.3, 0.4) is 0 Å². The Balaban J connectivity index is 2.24.